The van der Waals surface area contributed by atoms with Crippen LogP contribution in [-0.4, -0.2) is 58.6 Å². The van der Waals surface area contributed by atoms with E-state index in [1.807, 2.05) is 24.3 Å². The van der Waals surface area contributed by atoms with Crippen LogP contribution in [0.25, 0.3) is 0 Å². The first-order valence-corrected chi connectivity index (χ1v) is 12.2. The number of carbonyl (C=O) groups excluding carboxylic acids is 3. The van der Waals surface area contributed by atoms with E-state index in [2.05, 4.69) is 10.7 Å². The summed E-state index contributed by atoms with van der Waals surface area (Å²) in [6.45, 7) is 0.372. The molecule has 5 rings (SSSR count). The molecule has 1 aliphatic carbocycles. The maximum atomic E-state index is 13.5. The van der Waals surface area contributed by atoms with Crippen LogP contribution >= 0.6 is 0 Å². The number of nitrogens with zero attached hydrogens (tertiary/aromatic N) is 3. The Morgan fingerprint density at radius 1 is 1.06 bits per heavy atom. The van der Waals surface area contributed by atoms with Gasteiger partial charge in [0.05, 0.1) is 13.0 Å². The first-order chi connectivity index (χ1) is 17.4. The number of hydrogen-bond donors (Lipinski definition) is 2. The molecule has 2 aromatic carbocycles. The standard InChI is InChI=1S/C26H30FN5O4/c1-36-20-12-8-17(9-13-20)14-28-23(33)16-31-26(35)32-22-5-3-2-4-21(22)24(34)30(25(32)29-31)15-18-6-10-19(27)11-7-18/h6-13,21-22,25,29H,2-5,14-16H2,1H3,(H,28,33). The molecule has 0 aromatic heterocycles. The zero-order valence-electron chi connectivity index (χ0n) is 20.2. The van der Waals surface area contributed by atoms with Crippen LogP contribution in [0, 0.1) is 11.7 Å². The maximum Gasteiger partial charge on any atom is 0.337 e. The zero-order valence-corrected chi connectivity index (χ0v) is 20.2. The first kappa shape index (κ1) is 24.1. The van der Waals surface area contributed by atoms with Gasteiger partial charge in [0.2, 0.25) is 11.8 Å². The second-order valence-corrected chi connectivity index (χ2v) is 9.45. The molecule has 2 saturated heterocycles. The second kappa shape index (κ2) is 10.1. The van der Waals surface area contributed by atoms with Crippen molar-refractivity contribution in [2.75, 3.05) is 13.7 Å². The average molecular weight is 496 g/mol. The van der Waals surface area contributed by atoms with Gasteiger partial charge in [0.15, 0.2) is 6.29 Å². The summed E-state index contributed by atoms with van der Waals surface area (Å²) in [5.74, 6) is -0.224. The van der Waals surface area contributed by atoms with Crippen molar-refractivity contribution in [1.29, 1.82) is 0 Å². The van der Waals surface area contributed by atoms with Crippen molar-refractivity contribution in [3.8, 4) is 5.75 Å². The molecule has 10 heteroatoms. The summed E-state index contributed by atoms with van der Waals surface area (Å²) in [5, 5.41) is 4.13. The average Bonchev–Trinajstić information content (AvgIpc) is 3.22. The third-order valence-electron chi connectivity index (χ3n) is 7.19. The summed E-state index contributed by atoms with van der Waals surface area (Å²) in [7, 11) is 1.59. The van der Waals surface area contributed by atoms with E-state index in [-0.39, 0.29) is 48.7 Å². The van der Waals surface area contributed by atoms with Crippen molar-refractivity contribution in [2.45, 2.75) is 51.1 Å². The largest absolute Gasteiger partial charge is 0.497 e. The van der Waals surface area contributed by atoms with Gasteiger partial charge in [0.1, 0.15) is 18.1 Å². The third kappa shape index (κ3) is 4.73. The minimum atomic E-state index is -0.691. The normalized spacial score (nSPS) is 23.4. The SMILES string of the molecule is COc1ccc(CNC(=O)CN2NC3N(Cc4ccc(F)cc4)C(=O)C4CCCCC4N3C2=O)cc1. The van der Waals surface area contributed by atoms with E-state index in [1.165, 1.54) is 17.1 Å². The molecule has 3 fully saturated rings. The molecule has 0 bridgehead atoms. The lowest BCUT2D eigenvalue weighted by Crippen LogP contribution is -2.65. The number of benzene rings is 2. The number of rotatable bonds is 7. The van der Waals surface area contributed by atoms with Crippen molar-refractivity contribution >= 4 is 17.8 Å². The van der Waals surface area contributed by atoms with E-state index in [1.54, 1.807) is 29.0 Å². The van der Waals surface area contributed by atoms with E-state index in [9.17, 15) is 18.8 Å². The van der Waals surface area contributed by atoms with E-state index in [0.717, 1.165) is 42.6 Å². The van der Waals surface area contributed by atoms with Gasteiger partial charge in [-0.1, -0.05) is 37.1 Å². The summed E-state index contributed by atoms with van der Waals surface area (Å²) in [5.41, 5.74) is 4.77. The highest BCUT2D eigenvalue weighted by Crippen LogP contribution is 2.38. The smallest absolute Gasteiger partial charge is 0.337 e. The molecular formula is C26H30FN5O4. The Bertz CT molecular complexity index is 1130. The fourth-order valence-electron chi connectivity index (χ4n) is 5.32. The van der Waals surface area contributed by atoms with Crippen LogP contribution in [-0.2, 0) is 22.7 Å². The molecule has 0 radical (unpaired) electrons. The predicted octanol–water partition coefficient (Wildman–Crippen LogP) is 2.58. The molecule has 3 aliphatic rings. The Labute approximate surface area is 209 Å². The number of halogens is 1. The third-order valence-corrected chi connectivity index (χ3v) is 7.19. The number of hydrazine groups is 1. The Morgan fingerprint density at radius 3 is 2.47 bits per heavy atom. The number of hydrogen-bond acceptors (Lipinski definition) is 5. The molecule has 1 saturated carbocycles. The summed E-state index contributed by atoms with van der Waals surface area (Å²) in [4.78, 5) is 43.0. The van der Waals surface area contributed by atoms with Crippen LogP contribution in [0.15, 0.2) is 48.5 Å². The molecule has 3 atom stereocenters. The first-order valence-electron chi connectivity index (χ1n) is 12.2. The molecule has 190 valence electrons. The number of urea groups is 1. The van der Waals surface area contributed by atoms with Gasteiger partial charge >= 0.3 is 6.03 Å². The minimum Gasteiger partial charge on any atom is -0.497 e. The molecule has 2 aromatic rings. The van der Waals surface area contributed by atoms with Gasteiger partial charge in [0, 0.05) is 19.1 Å². The van der Waals surface area contributed by atoms with Gasteiger partial charge in [0.25, 0.3) is 0 Å². The molecule has 2 N–H and O–H groups in total. The van der Waals surface area contributed by atoms with Gasteiger partial charge in [-0.3, -0.25) is 14.5 Å². The number of amides is 4. The molecule has 9 nitrogen and oxygen atoms in total. The highest BCUT2D eigenvalue weighted by atomic mass is 19.1. The maximum absolute atomic E-state index is 13.5. The number of methoxy groups -OCH3 is 1. The fourth-order valence-corrected chi connectivity index (χ4v) is 5.32. The highest BCUT2D eigenvalue weighted by Gasteiger charge is 2.54. The van der Waals surface area contributed by atoms with Crippen molar-refractivity contribution < 1.29 is 23.5 Å². The lowest BCUT2D eigenvalue weighted by Gasteiger charge is -2.48. The Hall–Kier alpha value is -3.66. The molecule has 4 amide bonds. The van der Waals surface area contributed by atoms with Crippen LogP contribution < -0.4 is 15.5 Å². The molecular weight excluding hydrogens is 465 g/mol. The van der Waals surface area contributed by atoms with Crippen LogP contribution in [0.1, 0.15) is 36.8 Å². The van der Waals surface area contributed by atoms with Crippen LogP contribution in [0.4, 0.5) is 9.18 Å². The van der Waals surface area contributed by atoms with E-state index < -0.39 is 6.29 Å². The van der Waals surface area contributed by atoms with Crippen molar-refractivity contribution in [3.05, 3.63) is 65.5 Å². The van der Waals surface area contributed by atoms with Gasteiger partial charge in [-0.05, 0) is 48.2 Å². The monoisotopic (exact) mass is 495 g/mol. The van der Waals surface area contributed by atoms with E-state index in [4.69, 9.17) is 4.74 Å². The van der Waals surface area contributed by atoms with Gasteiger partial charge in [-0.2, -0.15) is 5.43 Å². The number of ether oxygens (including phenoxy) is 1. The van der Waals surface area contributed by atoms with E-state index in [0.29, 0.717) is 6.54 Å². The lowest BCUT2D eigenvalue weighted by molar-refractivity contribution is -0.157. The summed E-state index contributed by atoms with van der Waals surface area (Å²) >= 11 is 0. The molecule has 2 heterocycles. The Kier molecular flexibility index (Phi) is 6.77. The van der Waals surface area contributed by atoms with Crippen molar-refractivity contribution in [3.63, 3.8) is 0 Å². The lowest BCUT2D eigenvalue weighted by atomic mass is 9.81. The summed E-state index contributed by atoms with van der Waals surface area (Å²) in [6, 6.07) is 12.8. The van der Waals surface area contributed by atoms with Crippen LogP contribution in [0.5, 0.6) is 5.75 Å². The second-order valence-electron chi connectivity index (χ2n) is 9.45. The Balaban J connectivity index is 1.29. The number of carbonyl (C=O) groups is 3. The van der Waals surface area contributed by atoms with Crippen molar-refractivity contribution in [1.82, 2.24) is 25.6 Å². The number of fused-ring (bicyclic) bond motifs is 3. The minimum absolute atomic E-state index is 0.0172. The quantitative estimate of drug-likeness (QED) is 0.616. The zero-order chi connectivity index (χ0) is 25.2. The predicted molar refractivity (Wildman–Crippen MR) is 128 cm³/mol. The Morgan fingerprint density at radius 2 is 1.75 bits per heavy atom. The van der Waals surface area contributed by atoms with Crippen molar-refractivity contribution in [2.24, 2.45) is 5.92 Å². The molecule has 2 aliphatic heterocycles. The van der Waals surface area contributed by atoms with E-state index >= 15 is 0 Å². The highest BCUT2D eigenvalue weighted by molar-refractivity contribution is 5.88. The summed E-state index contributed by atoms with van der Waals surface area (Å²) in [6.07, 6.45) is 2.67. The molecule has 3 unspecified atom stereocenters. The molecule has 36 heavy (non-hydrogen) atoms. The van der Waals surface area contributed by atoms with Crippen LogP contribution in [0.2, 0.25) is 0 Å². The van der Waals surface area contributed by atoms with Crippen LogP contribution in [0.3, 0.4) is 0 Å². The van der Waals surface area contributed by atoms with Gasteiger partial charge < -0.3 is 15.0 Å². The number of nitrogens with one attached hydrogen (secondary N) is 2. The molecule has 0 spiro atoms. The topological polar surface area (TPSA) is 94.2 Å². The fraction of sp³-hybridized carbons (Fsp3) is 0.423. The summed E-state index contributed by atoms with van der Waals surface area (Å²) < 4.78 is 18.6. The van der Waals surface area contributed by atoms with Gasteiger partial charge in [-0.25, -0.2) is 14.2 Å². The van der Waals surface area contributed by atoms with Gasteiger partial charge in [-0.15, -0.1) is 0 Å².